The predicted octanol–water partition coefficient (Wildman–Crippen LogP) is 1.80. The van der Waals surface area contributed by atoms with Gasteiger partial charge in [-0.25, -0.2) is 0 Å². The standard InChI is InChI=1S/C16H22N2O3/c1-11-4-2-5-12(10-17)18(11)16(19)13-6-3-7-14-15(13)21-9-8-20-14/h3,6-7,11-12H,2,4-5,8-10,17H2,1H3. The van der Waals surface area contributed by atoms with E-state index in [9.17, 15) is 4.79 Å². The Hall–Kier alpha value is -1.75. The highest BCUT2D eigenvalue weighted by molar-refractivity contribution is 5.98. The van der Waals surface area contributed by atoms with E-state index in [0.717, 1.165) is 19.3 Å². The summed E-state index contributed by atoms with van der Waals surface area (Å²) in [6.45, 7) is 3.60. The number of hydrogen-bond acceptors (Lipinski definition) is 4. The molecule has 0 bridgehead atoms. The lowest BCUT2D eigenvalue weighted by molar-refractivity contribution is 0.0485. The first kappa shape index (κ1) is 14.2. The number of amides is 1. The second-order valence-electron chi connectivity index (χ2n) is 5.71. The van der Waals surface area contributed by atoms with Crippen LogP contribution in [-0.4, -0.2) is 42.6 Å². The van der Waals surface area contributed by atoms with Crippen LogP contribution in [0.15, 0.2) is 18.2 Å². The molecule has 0 aromatic heterocycles. The fraction of sp³-hybridized carbons (Fsp3) is 0.562. The second-order valence-corrected chi connectivity index (χ2v) is 5.71. The van der Waals surface area contributed by atoms with Gasteiger partial charge in [0, 0.05) is 18.6 Å². The maximum atomic E-state index is 13.0. The van der Waals surface area contributed by atoms with Crippen molar-refractivity contribution in [2.75, 3.05) is 19.8 Å². The van der Waals surface area contributed by atoms with E-state index in [-0.39, 0.29) is 18.0 Å². The van der Waals surface area contributed by atoms with Crippen LogP contribution in [0, 0.1) is 0 Å². The van der Waals surface area contributed by atoms with E-state index < -0.39 is 0 Å². The molecular formula is C16H22N2O3. The van der Waals surface area contributed by atoms with Gasteiger partial charge in [-0.15, -0.1) is 0 Å². The van der Waals surface area contributed by atoms with Crippen molar-refractivity contribution in [2.45, 2.75) is 38.3 Å². The molecule has 2 N–H and O–H groups in total. The smallest absolute Gasteiger partial charge is 0.258 e. The molecule has 5 nitrogen and oxygen atoms in total. The first-order valence-corrected chi connectivity index (χ1v) is 7.63. The SMILES string of the molecule is CC1CCCC(CN)N1C(=O)c1cccc2c1OCCO2. The van der Waals surface area contributed by atoms with Crippen molar-refractivity contribution >= 4 is 5.91 Å². The highest BCUT2D eigenvalue weighted by Gasteiger charge is 2.33. The summed E-state index contributed by atoms with van der Waals surface area (Å²) < 4.78 is 11.2. The molecule has 0 radical (unpaired) electrons. The zero-order valence-electron chi connectivity index (χ0n) is 12.4. The van der Waals surface area contributed by atoms with Crippen molar-refractivity contribution < 1.29 is 14.3 Å². The molecule has 114 valence electrons. The number of likely N-dealkylation sites (tertiary alicyclic amines) is 1. The molecule has 21 heavy (non-hydrogen) atoms. The highest BCUT2D eigenvalue weighted by atomic mass is 16.6. The molecule has 1 amide bonds. The van der Waals surface area contributed by atoms with Crippen LogP contribution in [0.5, 0.6) is 11.5 Å². The Labute approximate surface area is 125 Å². The molecule has 2 unspecified atom stereocenters. The van der Waals surface area contributed by atoms with E-state index in [0.29, 0.717) is 36.8 Å². The minimum absolute atomic E-state index is 0.000000000000000222. The van der Waals surface area contributed by atoms with Gasteiger partial charge in [-0.2, -0.15) is 0 Å². The van der Waals surface area contributed by atoms with Crippen molar-refractivity contribution in [2.24, 2.45) is 5.73 Å². The molecule has 2 aliphatic rings. The minimum atomic E-state index is 0.000000000000000222. The zero-order valence-corrected chi connectivity index (χ0v) is 12.4. The number of piperidine rings is 1. The third kappa shape index (κ3) is 2.58. The summed E-state index contributed by atoms with van der Waals surface area (Å²) in [4.78, 5) is 14.9. The van der Waals surface area contributed by atoms with Gasteiger partial charge in [0.05, 0.1) is 5.56 Å². The van der Waals surface area contributed by atoms with E-state index in [2.05, 4.69) is 6.92 Å². The van der Waals surface area contributed by atoms with Gasteiger partial charge >= 0.3 is 0 Å². The fourth-order valence-electron chi connectivity index (χ4n) is 3.27. The Morgan fingerprint density at radius 2 is 2.14 bits per heavy atom. The zero-order chi connectivity index (χ0) is 14.8. The summed E-state index contributed by atoms with van der Waals surface area (Å²) in [5, 5.41) is 0. The number of fused-ring (bicyclic) bond motifs is 1. The van der Waals surface area contributed by atoms with Crippen molar-refractivity contribution in [1.29, 1.82) is 0 Å². The van der Waals surface area contributed by atoms with E-state index in [1.54, 1.807) is 0 Å². The molecule has 3 rings (SSSR count). The third-order valence-electron chi connectivity index (χ3n) is 4.33. The number of hydrogen-bond donors (Lipinski definition) is 1. The van der Waals surface area contributed by atoms with Crippen LogP contribution in [0.3, 0.4) is 0 Å². The van der Waals surface area contributed by atoms with Crippen LogP contribution in [0.1, 0.15) is 36.5 Å². The Morgan fingerprint density at radius 1 is 1.33 bits per heavy atom. The molecule has 2 aliphatic heterocycles. The lowest BCUT2D eigenvalue weighted by Gasteiger charge is -2.40. The molecule has 1 aromatic carbocycles. The monoisotopic (exact) mass is 290 g/mol. The predicted molar refractivity (Wildman–Crippen MR) is 79.8 cm³/mol. The Balaban J connectivity index is 1.94. The van der Waals surface area contributed by atoms with E-state index in [1.165, 1.54) is 0 Å². The second kappa shape index (κ2) is 5.93. The number of ether oxygens (including phenoxy) is 2. The number of para-hydroxylation sites is 1. The number of carbonyl (C=O) groups is 1. The van der Waals surface area contributed by atoms with Crippen LogP contribution in [0.25, 0.3) is 0 Å². The number of rotatable bonds is 2. The Kier molecular flexibility index (Phi) is 4.01. The summed E-state index contributed by atoms with van der Waals surface area (Å²) in [7, 11) is 0. The molecular weight excluding hydrogens is 268 g/mol. The van der Waals surface area contributed by atoms with E-state index >= 15 is 0 Å². The van der Waals surface area contributed by atoms with Gasteiger partial charge in [0.2, 0.25) is 0 Å². The average Bonchev–Trinajstić information content (AvgIpc) is 2.53. The topological polar surface area (TPSA) is 64.8 Å². The number of benzene rings is 1. The quantitative estimate of drug-likeness (QED) is 0.902. The summed E-state index contributed by atoms with van der Waals surface area (Å²) in [5.41, 5.74) is 6.44. The highest BCUT2D eigenvalue weighted by Crippen LogP contribution is 2.35. The van der Waals surface area contributed by atoms with Gasteiger partial charge in [0.1, 0.15) is 13.2 Å². The molecule has 5 heteroatoms. The minimum Gasteiger partial charge on any atom is -0.486 e. The van der Waals surface area contributed by atoms with Gasteiger partial charge in [0.25, 0.3) is 5.91 Å². The molecule has 0 aliphatic carbocycles. The first-order chi connectivity index (χ1) is 10.2. The van der Waals surface area contributed by atoms with Gasteiger partial charge < -0.3 is 20.1 Å². The van der Waals surface area contributed by atoms with Crippen molar-refractivity contribution in [3.8, 4) is 11.5 Å². The van der Waals surface area contributed by atoms with Crippen molar-refractivity contribution in [3.05, 3.63) is 23.8 Å². The maximum Gasteiger partial charge on any atom is 0.258 e. The van der Waals surface area contributed by atoms with Gasteiger partial charge in [-0.1, -0.05) is 6.07 Å². The van der Waals surface area contributed by atoms with Crippen molar-refractivity contribution in [3.63, 3.8) is 0 Å². The molecule has 0 spiro atoms. The molecule has 1 aromatic rings. The normalized spacial score (nSPS) is 24.8. The summed E-state index contributed by atoms with van der Waals surface area (Å²) in [6, 6.07) is 5.81. The molecule has 2 heterocycles. The Bertz CT molecular complexity index is 532. The van der Waals surface area contributed by atoms with E-state index in [1.807, 2.05) is 23.1 Å². The van der Waals surface area contributed by atoms with E-state index in [4.69, 9.17) is 15.2 Å². The lowest BCUT2D eigenvalue weighted by atomic mass is 9.95. The average molecular weight is 290 g/mol. The maximum absolute atomic E-state index is 13.0. The molecule has 0 saturated carbocycles. The van der Waals surface area contributed by atoms with Gasteiger partial charge in [-0.3, -0.25) is 4.79 Å². The summed E-state index contributed by atoms with van der Waals surface area (Å²) in [5.74, 6) is 1.23. The number of carbonyl (C=O) groups excluding carboxylic acids is 1. The number of nitrogens with two attached hydrogens (primary N) is 1. The third-order valence-corrected chi connectivity index (χ3v) is 4.33. The molecule has 2 atom stereocenters. The van der Waals surface area contributed by atoms with Gasteiger partial charge in [-0.05, 0) is 38.3 Å². The largest absolute Gasteiger partial charge is 0.486 e. The molecule has 1 saturated heterocycles. The number of nitrogens with zero attached hydrogens (tertiary/aromatic N) is 1. The van der Waals surface area contributed by atoms with Crippen LogP contribution in [0.4, 0.5) is 0 Å². The van der Waals surface area contributed by atoms with Crippen LogP contribution in [0.2, 0.25) is 0 Å². The summed E-state index contributed by atoms with van der Waals surface area (Å²) >= 11 is 0. The summed E-state index contributed by atoms with van der Waals surface area (Å²) in [6.07, 6.45) is 3.12. The fourth-order valence-corrected chi connectivity index (χ4v) is 3.27. The van der Waals surface area contributed by atoms with Crippen LogP contribution < -0.4 is 15.2 Å². The molecule has 1 fully saturated rings. The van der Waals surface area contributed by atoms with Crippen molar-refractivity contribution in [1.82, 2.24) is 4.90 Å². The lowest BCUT2D eigenvalue weighted by Crippen LogP contribution is -2.52. The van der Waals surface area contributed by atoms with Crippen LogP contribution >= 0.6 is 0 Å². The Morgan fingerprint density at radius 3 is 2.95 bits per heavy atom. The van der Waals surface area contributed by atoms with Gasteiger partial charge in [0.15, 0.2) is 11.5 Å². The first-order valence-electron chi connectivity index (χ1n) is 7.63. The van der Waals surface area contributed by atoms with Crippen LogP contribution in [-0.2, 0) is 0 Å².